The van der Waals surface area contributed by atoms with Crippen molar-refractivity contribution in [3.63, 3.8) is 0 Å². The van der Waals surface area contributed by atoms with Gasteiger partial charge in [-0.2, -0.15) is 0 Å². The number of nitrogens with zero attached hydrogens (tertiary/aromatic N) is 2. The summed E-state index contributed by atoms with van der Waals surface area (Å²) < 4.78 is 0. The Bertz CT molecular complexity index is 326. The summed E-state index contributed by atoms with van der Waals surface area (Å²) in [5, 5.41) is 0. The highest BCUT2D eigenvalue weighted by molar-refractivity contribution is 6.17. The van der Waals surface area contributed by atoms with E-state index in [9.17, 15) is 0 Å². The molecule has 0 aliphatic carbocycles. The van der Waals surface area contributed by atoms with Crippen molar-refractivity contribution in [2.24, 2.45) is 0 Å². The molecule has 0 bridgehead atoms. The maximum Gasteiger partial charge on any atom is 0.128 e. The summed E-state index contributed by atoms with van der Waals surface area (Å²) in [6.07, 6.45) is 3.76. The first kappa shape index (κ1) is 13.3. The van der Waals surface area contributed by atoms with Crippen molar-refractivity contribution in [1.82, 2.24) is 4.98 Å². The Morgan fingerprint density at radius 1 is 1.31 bits per heavy atom. The van der Waals surface area contributed by atoms with Crippen LogP contribution in [0, 0.1) is 6.92 Å². The minimum absolute atomic E-state index is 0.540. The predicted molar refractivity (Wildman–Crippen MR) is 71.3 cm³/mol. The Morgan fingerprint density at radius 3 is 2.62 bits per heavy atom. The van der Waals surface area contributed by atoms with Crippen molar-refractivity contribution in [2.75, 3.05) is 18.5 Å². The van der Waals surface area contributed by atoms with Crippen LogP contribution in [0.15, 0.2) is 12.1 Å². The van der Waals surface area contributed by atoms with Crippen molar-refractivity contribution in [3.05, 3.63) is 23.4 Å². The van der Waals surface area contributed by atoms with E-state index in [1.165, 1.54) is 19.3 Å². The van der Waals surface area contributed by atoms with Gasteiger partial charge in [-0.25, -0.2) is 4.98 Å². The second-order valence-electron chi connectivity index (χ2n) is 4.18. The molecule has 0 spiro atoms. The fourth-order valence-electron chi connectivity index (χ4n) is 1.64. The van der Waals surface area contributed by atoms with Crippen LogP contribution in [0.2, 0.25) is 0 Å². The van der Waals surface area contributed by atoms with Crippen molar-refractivity contribution < 1.29 is 0 Å². The molecule has 0 saturated carbocycles. The number of halogens is 1. The summed E-state index contributed by atoms with van der Waals surface area (Å²) in [5.74, 6) is 1.58. The van der Waals surface area contributed by atoms with Crippen LogP contribution in [0.4, 0.5) is 5.82 Å². The lowest BCUT2D eigenvalue weighted by Gasteiger charge is -2.19. The average molecular weight is 241 g/mol. The van der Waals surface area contributed by atoms with Crippen LogP contribution in [0.25, 0.3) is 0 Å². The van der Waals surface area contributed by atoms with Gasteiger partial charge in [0.25, 0.3) is 0 Å². The van der Waals surface area contributed by atoms with E-state index in [0.29, 0.717) is 5.88 Å². The summed E-state index contributed by atoms with van der Waals surface area (Å²) in [4.78, 5) is 6.77. The van der Waals surface area contributed by atoms with Crippen molar-refractivity contribution in [1.29, 1.82) is 0 Å². The van der Waals surface area contributed by atoms with Gasteiger partial charge in [-0.1, -0.05) is 25.8 Å². The highest BCUT2D eigenvalue weighted by atomic mass is 35.5. The van der Waals surface area contributed by atoms with Gasteiger partial charge in [-0.15, -0.1) is 11.6 Å². The van der Waals surface area contributed by atoms with Gasteiger partial charge in [-0.3, -0.25) is 0 Å². The van der Waals surface area contributed by atoms with Gasteiger partial charge < -0.3 is 4.90 Å². The van der Waals surface area contributed by atoms with Gasteiger partial charge in [-0.05, 0) is 25.0 Å². The number of rotatable bonds is 6. The van der Waals surface area contributed by atoms with Gasteiger partial charge in [0.15, 0.2) is 0 Å². The highest BCUT2D eigenvalue weighted by Crippen LogP contribution is 2.15. The normalized spacial score (nSPS) is 10.5. The molecular formula is C13H21ClN2. The zero-order valence-corrected chi connectivity index (χ0v) is 11.2. The number of aromatic nitrogens is 1. The molecule has 0 unspecified atom stereocenters. The summed E-state index contributed by atoms with van der Waals surface area (Å²) in [5.41, 5.74) is 2.15. The van der Waals surface area contributed by atoms with Crippen LogP contribution in [-0.2, 0) is 5.88 Å². The molecule has 0 atom stereocenters. The zero-order chi connectivity index (χ0) is 12.0. The molecule has 0 saturated heterocycles. The number of hydrogen-bond donors (Lipinski definition) is 0. The Labute approximate surface area is 104 Å². The monoisotopic (exact) mass is 240 g/mol. The minimum Gasteiger partial charge on any atom is -0.360 e. The molecule has 0 amide bonds. The smallest absolute Gasteiger partial charge is 0.128 e. The van der Waals surface area contributed by atoms with Gasteiger partial charge in [0.05, 0.1) is 0 Å². The number of pyridine rings is 1. The summed E-state index contributed by atoms with van der Waals surface area (Å²) in [6, 6.07) is 4.12. The Kier molecular flexibility index (Phi) is 5.61. The lowest BCUT2D eigenvalue weighted by atomic mass is 10.2. The first-order valence-corrected chi connectivity index (χ1v) is 6.46. The fraction of sp³-hybridized carbons (Fsp3) is 0.615. The highest BCUT2D eigenvalue weighted by Gasteiger charge is 2.04. The molecule has 0 fully saturated rings. The Hall–Kier alpha value is -0.760. The predicted octanol–water partition coefficient (Wildman–Crippen LogP) is 3.76. The maximum absolute atomic E-state index is 5.81. The molecule has 16 heavy (non-hydrogen) atoms. The quantitative estimate of drug-likeness (QED) is 0.556. The van der Waals surface area contributed by atoms with Crippen LogP contribution in [-0.4, -0.2) is 18.6 Å². The molecule has 0 aromatic carbocycles. The van der Waals surface area contributed by atoms with Crippen LogP contribution < -0.4 is 4.90 Å². The lowest BCUT2D eigenvalue weighted by Crippen LogP contribution is -2.20. The molecule has 2 nitrogen and oxygen atoms in total. The van der Waals surface area contributed by atoms with E-state index in [1.807, 2.05) is 6.92 Å². The molecule has 90 valence electrons. The van der Waals surface area contributed by atoms with Gasteiger partial charge in [0, 0.05) is 25.2 Å². The third-order valence-electron chi connectivity index (χ3n) is 2.81. The first-order chi connectivity index (χ1) is 7.69. The van der Waals surface area contributed by atoms with Gasteiger partial charge in [0.1, 0.15) is 5.82 Å². The minimum atomic E-state index is 0.540. The molecule has 1 aromatic rings. The van der Waals surface area contributed by atoms with E-state index in [2.05, 4.69) is 36.0 Å². The Morgan fingerprint density at radius 2 is 2.06 bits per heavy atom. The first-order valence-electron chi connectivity index (χ1n) is 5.92. The third-order valence-corrected chi connectivity index (χ3v) is 3.10. The summed E-state index contributed by atoms with van der Waals surface area (Å²) in [7, 11) is 2.10. The van der Waals surface area contributed by atoms with Crippen LogP contribution in [0.3, 0.4) is 0 Å². The van der Waals surface area contributed by atoms with Gasteiger partial charge in [0.2, 0.25) is 0 Å². The third kappa shape index (κ3) is 3.67. The van der Waals surface area contributed by atoms with E-state index in [1.54, 1.807) is 0 Å². The molecule has 0 aliphatic rings. The van der Waals surface area contributed by atoms with Crippen LogP contribution in [0.5, 0.6) is 0 Å². The average Bonchev–Trinajstić information content (AvgIpc) is 2.29. The number of aryl methyl sites for hydroxylation is 1. The van der Waals surface area contributed by atoms with Crippen molar-refractivity contribution in [2.45, 2.75) is 39.0 Å². The molecule has 1 rings (SSSR count). The van der Waals surface area contributed by atoms with Crippen molar-refractivity contribution >= 4 is 17.4 Å². The molecule has 1 heterocycles. The molecular weight excluding hydrogens is 220 g/mol. The molecule has 0 aliphatic heterocycles. The Balaban J connectivity index is 2.62. The molecule has 3 heteroatoms. The second kappa shape index (κ2) is 6.74. The number of unbranched alkanes of at least 4 members (excludes halogenated alkanes) is 2. The standard InChI is InChI=1S/C13H21ClN2/c1-4-5-6-9-16(3)13-8-7-12(10-14)11(2)15-13/h7-8H,4-6,9-10H2,1-3H3. The zero-order valence-electron chi connectivity index (χ0n) is 10.5. The SMILES string of the molecule is CCCCCN(C)c1ccc(CCl)c(C)n1. The summed E-state index contributed by atoms with van der Waals surface area (Å²) in [6.45, 7) is 5.30. The fourth-order valence-corrected chi connectivity index (χ4v) is 1.93. The molecule has 0 radical (unpaired) electrons. The maximum atomic E-state index is 5.81. The topological polar surface area (TPSA) is 16.1 Å². The number of anilines is 1. The van der Waals surface area contributed by atoms with E-state index < -0.39 is 0 Å². The largest absolute Gasteiger partial charge is 0.360 e. The van der Waals surface area contributed by atoms with Crippen molar-refractivity contribution in [3.8, 4) is 0 Å². The molecule has 0 N–H and O–H groups in total. The molecule has 1 aromatic heterocycles. The van der Waals surface area contributed by atoms with Crippen LogP contribution in [0.1, 0.15) is 37.4 Å². The lowest BCUT2D eigenvalue weighted by molar-refractivity contribution is 0.700. The second-order valence-corrected chi connectivity index (χ2v) is 4.44. The number of alkyl halides is 1. The van der Waals surface area contributed by atoms with E-state index in [4.69, 9.17) is 11.6 Å². The number of hydrogen-bond acceptors (Lipinski definition) is 2. The van der Waals surface area contributed by atoms with E-state index >= 15 is 0 Å². The van der Waals surface area contributed by atoms with Gasteiger partial charge >= 0.3 is 0 Å². The summed E-state index contributed by atoms with van der Waals surface area (Å²) >= 11 is 5.81. The van der Waals surface area contributed by atoms with E-state index in [-0.39, 0.29) is 0 Å². The van der Waals surface area contributed by atoms with Crippen LogP contribution >= 0.6 is 11.6 Å². The van der Waals surface area contributed by atoms with E-state index in [0.717, 1.165) is 23.6 Å².